The standard InChI is InChI=1S/C19H20N2O4/c1-3-11-20-19(23)14-7-9-16(10-8-14)25-13-18(22)21-15-5-4-6-17(12-15)24-2/h3-10,12H,1,11,13H2,2H3,(H,20,23)(H,21,22). The molecule has 2 amide bonds. The molecule has 0 atom stereocenters. The maximum absolute atomic E-state index is 11.9. The highest BCUT2D eigenvalue weighted by Crippen LogP contribution is 2.17. The highest BCUT2D eigenvalue weighted by molar-refractivity contribution is 5.94. The summed E-state index contributed by atoms with van der Waals surface area (Å²) in [5.74, 6) is 0.674. The van der Waals surface area contributed by atoms with Gasteiger partial charge in [-0.3, -0.25) is 9.59 Å². The van der Waals surface area contributed by atoms with Gasteiger partial charge in [-0.05, 0) is 36.4 Å². The Labute approximate surface area is 146 Å². The van der Waals surface area contributed by atoms with Gasteiger partial charge in [0, 0.05) is 23.9 Å². The number of ether oxygens (including phenoxy) is 2. The van der Waals surface area contributed by atoms with Gasteiger partial charge in [-0.15, -0.1) is 6.58 Å². The Hall–Kier alpha value is -3.28. The lowest BCUT2D eigenvalue weighted by atomic mass is 10.2. The van der Waals surface area contributed by atoms with Crippen LogP contribution >= 0.6 is 0 Å². The minimum absolute atomic E-state index is 0.140. The Kier molecular flexibility index (Phi) is 6.59. The van der Waals surface area contributed by atoms with E-state index in [0.717, 1.165) is 0 Å². The first-order valence-corrected chi connectivity index (χ1v) is 7.68. The maximum Gasteiger partial charge on any atom is 0.262 e. The molecule has 6 heteroatoms. The van der Waals surface area contributed by atoms with Crippen LogP contribution in [0.1, 0.15) is 10.4 Å². The number of nitrogens with one attached hydrogen (secondary N) is 2. The van der Waals surface area contributed by atoms with Gasteiger partial charge < -0.3 is 20.1 Å². The third-order valence-corrected chi connectivity index (χ3v) is 3.25. The molecule has 6 nitrogen and oxygen atoms in total. The number of hydrogen-bond acceptors (Lipinski definition) is 4. The van der Waals surface area contributed by atoms with Gasteiger partial charge in [-0.1, -0.05) is 12.1 Å². The molecule has 2 aromatic rings. The molecule has 25 heavy (non-hydrogen) atoms. The summed E-state index contributed by atoms with van der Waals surface area (Å²) in [4.78, 5) is 23.7. The van der Waals surface area contributed by atoms with Crippen LogP contribution < -0.4 is 20.1 Å². The topological polar surface area (TPSA) is 76.7 Å². The van der Waals surface area contributed by atoms with Crippen LogP contribution in [-0.2, 0) is 4.79 Å². The van der Waals surface area contributed by atoms with E-state index < -0.39 is 0 Å². The number of benzene rings is 2. The third-order valence-electron chi connectivity index (χ3n) is 3.25. The smallest absolute Gasteiger partial charge is 0.262 e. The fourth-order valence-electron chi connectivity index (χ4n) is 2.02. The number of amides is 2. The lowest BCUT2D eigenvalue weighted by Crippen LogP contribution is -2.23. The van der Waals surface area contributed by atoms with Gasteiger partial charge in [0.15, 0.2) is 6.61 Å². The van der Waals surface area contributed by atoms with Crippen LogP contribution in [-0.4, -0.2) is 32.1 Å². The van der Waals surface area contributed by atoms with Crippen LogP contribution in [0.2, 0.25) is 0 Å². The first-order chi connectivity index (χ1) is 12.1. The third kappa shape index (κ3) is 5.69. The molecule has 0 heterocycles. The second kappa shape index (κ2) is 9.12. The van der Waals surface area contributed by atoms with E-state index in [2.05, 4.69) is 17.2 Å². The van der Waals surface area contributed by atoms with Crippen molar-refractivity contribution in [3.8, 4) is 11.5 Å². The molecule has 0 bridgehead atoms. The fourth-order valence-corrected chi connectivity index (χ4v) is 2.02. The lowest BCUT2D eigenvalue weighted by Gasteiger charge is -2.09. The second-order valence-corrected chi connectivity index (χ2v) is 5.09. The molecule has 2 rings (SSSR count). The molecule has 0 saturated heterocycles. The molecular formula is C19H20N2O4. The average Bonchev–Trinajstić information content (AvgIpc) is 2.65. The van der Waals surface area contributed by atoms with Crippen molar-refractivity contribution >= 4 is 17.5 Å². The van der Waals surface area contributed by atoms with Crippen LogP contribution in [0, 0.1) is 0 Å². The predicted octanol–water partition coefficient (Wildman–Crippen LogP) is 2.63. The van der Waals surface area contributed by atoms with Gasteiger partial charge in [0.1, 0.15) is 11.5 Å². The van der Waals surface area contributed by atoms with E-state index >= 15 is 0 Å². The van der Waals surface area contributed by atoms with Crippen molar-refractivity contribution in [2.75, 3.05) is 25.6 Å². The van der Waals surface area contributed by atoms with Crippen molar-refractivity contribution in [2.45, 2.75) is 0 Å². The van der Waals surface area contributed by atoms with Gasteiger partial charge in [0.25, 0.3) is 11.8 Å². The predicted molar refractivity (Wildman–Crippen MR) is 96.1 cm³/mol. The van der Waals surface area contributed by atoms with E-state index in [1.165, 1.54) is 0 Å². The summed E-state index contributed by atoms with van der Waals surface area (Å²) >= 11 is 0. The molecule has 0 radical (unpaired) electrons. The average molecular weight is 340 g/mol. The molecule has 0 saturated carbocycles. The zero-order valence-corrected chi connectivity index (χ0v) is 14.0. The van der Waals surface area contributed by atoms with E-state index in [1.54, 1.807) is 61.7 Å². The van der Waals surface area contributed by atoms with Crippen molar-refractivity contribution in [1.82, 2.24) is 5.32 Å². The zero-order valence-electron chi connectivity index (χ0n) is 14.0. The van der Waals surface area contributed by atoms with E-state index in [1.807, 2.05) is 0 Å². The van der Waals surface area contributed by atoms with Gasteiger partial charge in [-0.25, -0.2) is 0 Å². The van der Waals surface area contributed by atoms with Crippen LogP contribution in [0.25, 0.3) is 0 Å². The summed E-state index contributed by atoms with van der Waals surface area (Å²) in [6.45, 7) is 3.81. The molecule has 130 valence electrons. The van der Waals surface area contributed by atoms with Crippen LogP contribution in [0.15, 0.2) is 61.2 Å². The molecule has 0 aliphatic rings. The Bertz CT molecular complexity index is 741. The molecule has 0 unspecified atom stereocenters. The first kappa shape index (κ1) is 18.1. The molecule has 2 N–H and O–H groups in total. The summed E-state index contributed by atoms with van der Waals surface area (Å²) < 4.78 is 10.5. The van der Waals surface area contributed by atoms with Crippen LogP contribution in [0.3, 0.4) is 0 Å². The summed E-state index contributed by atoms with van der Waals surface area (Å²) in [6, 6.07) is 13.6. The quantitative estimate of drug-likeness (QED) is 0.724. The molecule has 0 aliphatic carbocycles. The number of carbonyl (C=O) groups is 2. The number of hydrogen-bond donors (Lipinski definition) is 2. The van der Waals surface area contributed by atoms with Gasteiger partial charge in [-0.2, -0.15) is 0 Å². The molecule has 0 fully saturated rings. The maximum atomic E-state index is 11.9. The van der Waals surface area contributed by atoms with Crippen molar-refractivity contribution < 1.29 is 19.1 Å². The fraction of sp³-hybridized carbons (Fsp3) is 0.158. The normalized spacial score (nSPS) is 9.80. The number of anilines is 1. The Morgan fingerprint density at radius 1 is 1.12 bits per heavy atom. The molecular weight excluding hydrogens is 320 g/mol. The zero-order chi connectivity index (χ0) is 18.1. The molecule has 0 aliphatic heterocycles. The summed E-state index contributed by atoms with van der Waals surface area (Å²) in [7, 11) is 1.56. The van der Waals surface area contributed by atoms with E-state index in [4.69, 9.17) is 9.47 Å². The summed E-state index contributed by atoms with van der Waals surface area (Å²) in [5.41, 5.74) is 1.14. The van der Waals surface area contributed by atoms with Crippen molar-refractivity contribution in [2.24, 2.45) is 0 Å². The molecule has 0 aromatic heterocycles. The summed E-state index contributed by atoms with van der Waals surface area (Å²) in [5, 5.41) is 5.40. The van der Waals surface area contributed by atoms with Crippen molar-refractivity contribution in [3.63, 3.8) is 0 Å². The van der Waals surface area contributed by atoms with Crippen LogP contribution in [0.5, 0.6) is 11.5 Å². The minimum Gasteiger partial charge on any atom is -0.497 e. The van der Waals surface area contributed by atoms with E-state index in [0.29, 0.717) is 29.3 Å². The van der Waals surface area contributed by atoms with Crippen LogP contribution in [0.4, 0.5) is 5.69 Å². The van der Waals surface area contributed by atoms with E-state index in [9.17, 15) is 9.59 Å². The SMILES string of the molecule is C=CCNC(=O)c1ccc(OCC(=O)Nc2cccc(OC)c2)cc1. The highest BCUT2D eigenvalue weighted by atomic mass is 16.5. The largest absolute Gasteiger partial charge is 0.497 e. The van der Waals surface area contributed by atoms with Gasteiger partial charge in [0.05, 0.1) is 7.11 Å². The highest BCUT2D eigenvalue weighted by Gasteiger charge is 2.07. The minimum atomic E-state index is -0.291. The Morgan fingerprint density at radius 2 is 1.88 bits per heavy atom. The Balaban J connectivity index is 1.84. The Morgan fingerprint density at radius 3 is 2.56 bits per heavy atom. The summed E-state index contributed by atoms with van der Waals surface area (Å²) in [6.07, 6.45) is 1.61. The molecule has 2 aromatic carbocycles. The monoisotopic (exact) mass is 340 g/mol. The van der Waals surface area contributed by atoms with Gasteiger partial charge >= 0.3 is 0 Å². The molecule has 0 spiro atoms. The van der Waals surface area contributed by atoms with Crippen molar-refractivity contribution in [1.29, 1.82) is 0 Å². The lowest BCUT2D eigenvalue weighted by molar-refractivity contribution is -0.118. The first-order valence-electron chi connectivity index (χ1n) is 7.68. The van der Waals surface area contributed by atoms with Gasteiger partial charge in [0.2, 0.25) is 0 Å². The number of methoxy groups -OCH3 is 1. The second-order valence-electron chi connectivity index (χ2n) is 5.09. The number of carbonyl (C=O) groups excluding carboxylic acids is 2. The van der Waals surface area contributed by atoms with Crippen molar-refractivity contribution in [3.05, 3.63) is 66.7 Å². The van der Waals surface area contributed by atoms with E-state index in [-0.39, 0.29) is 18.4 Å². The number of rotatable bonds is 8.